The average Bonchev–Trinajstić information content (AvgIpc) is 3.66. The van der Waals surface area contributed by atoms with Gasteiger partial charge in [-0.3, -0.25) is 14.4 Å². The van der Waals surface area contributed by atoms with E-state index >= 15 is 0 Å². The van der Waals surface area contributed by atoms with Crippen LogP contribution >= 0.6 is 0 Å². The largest absolute Gasteiger partial charge is 0.465 e. The van der Waals surface area contributed by atoms with E-state index in [-0.39, 0.29) is 31.6 Å². The summed E-state index contributed by atoms with van der Waals surface area (Å²) >= 11 is 0. The molecule has 2 aromatic carbocycles. The fourth-order valence-corrected chi connectivity index (χ4v) is 7.29. The van der Waals surface area contributed by atoms with Crippen LogP contribution in [-0.4, -0.2) is 71.8 Å². The summed E-state index contributed by atoms with van der Waals surface area (Å²) in [6, 6.07) is 13.0. The van der Waals surface area contributed by atoms with Crippen molar-refractivity contribution in [1.82, 2.24) is 4.90 Å². The topological polar surface area (TPSA) is 96.4 Å². The fourth-order valence-electron chi connectivity index (χ4n) is 7.29. The molecule has 230 valence electrons. The maximum Gasteiger partial charge on any atom is 0.312 e. The van der Waals surface area contributed by atoms with Crippen molar-refractivity contribution in [3.05, 3.63) is 67.8 Å². The van der Waals surface area contributed by atoms with Crippen LogP contribution in [0.1, 0.15) is 57.8 Å². The van der Waals surface area contributed by atoms with Crippen LogP contribution in [0.4, 0.5) is 5.69 Å². The second-order valence-corrected chi connectivity index (χ2v) is 11.9. The minimum atomic E-state index is -1.08. The Balaban J connectivity index is 1.45. The van der Waals surface area contributed by atoms with Crippen LogP contribution < -0.4 is 4.90 Å². The molecule has 2 aromatic rings. The van der Waals surface area contributed by atoms with Crippen LogP contribution in [0.5, 0.6) is 0 Å². The summed E-state index contributed by atoms with van der Waals surface area (Å²) in [7, 11) is 0. The number of nitrogens with zero attached hydrogens (tertiary/aromatic N) is 2. The normalized spacial score (nSPS) is 25.6. The summed E-state index contributed by atoms with van der Waals surface area (Å²) < 4.78 is 12.3. The first kappa shape index (κ1) is 31.0. The Bertz CT molecular complexity index is 1340. The second-order valence-electron chi connectivity index (χ2n) is 11.9. The van der Waals surface area contributed by atoms with Crippen molar-refractivity contribution in [1.29, 1.82) is 0 Å². The van der Waals surface area contributed by atoms with Crippen molar-refractivity contribution in [2.24, 2.45) is 11.8 Å². The number of aliphatic hydroxyl groups excluding tert-OH is 1. The second kappa shape index (κ2) is 13.9. The van der Waals surface area contributed by atoms with E-state index in [1.165, 1.54) is 0 Å². The Morgan fingerprint density at radius 3 is 2.60 bits per heavy atom. The van der Waals surface area contributed by atoms with Crippen molar-refractivity contribution in [3.63, 3.8) is 0 Å². The molecule has 8 heteroatoms. The zero-order chi connectivity index (χ0) is 30.4. The summed E-state index contributed by atoms with van der Waals surface area (Å²) in [6.07, 6.45) is 9.74. The molecule has 3 heterocycles. The van der Waals surface area contributed by atoms with Gasteiger partial charge in [0.05, 0.1) is 24.5 Å². The number of hydrogen-bond donors (Lipinski definition) is 1. The van der Waals surface area contributed by atoms with Crippen LogP contribution in [0.15, 0.2) is 67.8 Å². The van der Waals surface area contributed by atoms with Crippen LogP contribution in [0.3, 0.4) is 0 Å². The highest BCUT2D eigenvalue weighted by molar-refractivity contribution is 6.05. The fraction of sp³-hybridized carbons (Fsp3) is 0.514. The molecule has 0 aliphatic carbocycles. The quantitative estimate of drug-likeness (QED) is 0.165. The van der Waals surface area contributed by atoms with E-state index in [1.807, 2.05) is 48.5 Å². The number of allylic oxidation sites excluding steroid dienone is 1. The van der Waals surface area contributed by atoms with E-state index in [0.717, 1.165) is 48.6 Å². The lowest BCUT2D eigenvalue weighted by Gasteiger charge is -2.37. The lowest BCUT2D eigenvalue weighted by atomic mass is 9.70. The third-order valence-corrected chi connectivity index (χ3v) is 9.28. The van der Waals surface area contributed by atoms with Crippen molar-refractivity contribution < 1.29 is 29.0 Å². The maximum absolute atomic E-state index is 14.7. The molecule has 0 radical (unpaired) electrons. The predicted molar refractivity (Wildman–Crippen MR) is 166 cm³/mol. The monoisotopic (exact) mass is 588 g/mol. The number of amides is 2. The average molecular weight is 589 g/mol. The first-order valence-corrected chi connectivity index (χ1v) is 15.7. The minimum absolute atomic E-state index is 0.129. The molecular weight excluding hydrogens is 544 g/mol. The molecule has 8 nitrogen and oxygen atoms in total. The number of unbranched alkanes of at least 4 members (excludes halogenated alkanes) is 5. The van der Waals surface area contributed by atoms with Crippen LogP contribution in [0.25, 0.3) is 10.8 Å². The molecule has 43 heavy (non-hydrogen) atoms. The van der Waals surface area contributed by atoms with Crippen molar-refractivity contribution in [3.8, 4) is 0 Å². The SMILES string of the molecule is C=CCCCCOC(=O)[C@@H]1[C@@H]2CCC3(O2)C(C(=O)N(CC=C)c2ccc4ccccc4c2)N(CCCCCCO)C(=O)[C@H]13. The molecule has 2 bridgehead atoms. The zero-order valence-corrected chi connectivity index (χ0v) is 25.0. The molecule has 0 aromatic heterocycles. The Labute approximate surface area is 254 Å². The summed E-state index contributed by atoms with van der Waals surface area (Å²) in [4.78, 5) is 45.7. The van der Waals surface area contributed by atoms with E-state index in [9.17, 15) is 19.5 Å². The summed E-state index contributed by atoms with van der Waals surface area (Å²) in [6.45, 7) is 8.72. The third-order valence-electron chi connectivity index (χ3n) is 9.28. The van der Waals surface area contributed by atoms with Gasteiger partial charge < -0.3 is 24.4 Å². The van der Waals surface area contributed by atoms with Crippen LogP contribution in [-0.2, 0) is 23.9 Å². The van der Waals surface area contributed by atoms with Gasteiger partial charge in [0.2, 0.25) is 5.91 Å². The molecule has 3 aliphatic rings. The Kier molecular flexibility index (Phi) is 9.98. The van der Waals surface area contributed by atoms with Crippen LogP contribution in [0, 0.1) is 11.8 Å². The number of carbonyl (C=O) groups is 3. The highest BCUT2D eigenvalue weighted by atomic mass is 16.6. The van der Waals surface area contributed by atoms with Crippen molar-refractivity contribution in [2.75, 3.05) is 31.2 Å². The molecule has 1 spiro atoms. The standard InChI is InChI=1S/C35H44N2O6/c1-3-5-6-13-23-42-34(41)29-28-18-19-35(43-28)30(29)32(39)37(21-11-7-8-12-22-38)31(35)33(40)36(20-4-2)27-17-16-25-14-9-10-15-26(25)24-27/h3-4,9-10,14-17,24,28-31,38H,1-2,5-8,11-13,18-23H2/t28-,29+,30-,31?,35?/m0/s1. The lowest BCUT2D eigenvalue weighted by Crippen LogP contribution is -2.56. The molecule has 3 fully saturated rings. The van der Waals surface area contributed by atoms with Gasteiger partial charge in [0.1, 0.15) is 11.6 Å². The molecule has 2 amide bonds. The van der Waals surface area contributed by atoms with E-state index in [4.69, 9.17) is 9.47 Å². The van der Waals surface area contributed by atoms with E-state index < -0.39 is 35.6 Å². The Morgan fingerprint density at radius 1 is 1.05 bits per heavy atom. The van der Waals surface area contributed by atoms with Gasteiger partial charge in [-0.05, 0) is 67.9 Å². The number of fused-ring (bicyclic) bond motifs is 2. The molecule has 3 aliphatic heterocycles. The van der Waals surface area contributed by atoms with Gasteiger partial charge in [-0.25, -0.2) is 0 Å². The van der Waals surface area contributed by atoms with E-state index in [0.29, 0.717) is 32.2 Å². The van der Waals surface area contributed by atoms with Gasteiger partial charge in [0.15, 0.2) is 0 Å². The Hall–Kier alpha value is -3.49. The zero-order valence-electron chi connectivity index (χ0n) is 25.0. The van der Waals surface area contributed by atoms with Gasteiger partial charge >= 0.3 is 5.97 Å². The molecule has 5 rings (SSSR count). The summed E-state index contributed by atoms with van der Waals surface area (Å²) in [5, 5.41) is 11.3. The van der Waals surface area contributed by atoms with Gasteiger partial charge in [0, 0.05) is 25.4 Å². The molecule has 5 atom stereocenters. The lowest BCUT2D eigenvalue weighted by molar-refractivity contribution is -0.155. The van der Waals surface area contributed by atoms with E-state index in [1.54, 1.807) is 15.9 Å². The number of hydrogen-bond acceptors (Lipinski definition) is 6. The molecule has 2 unspecified atom stereocenters. The minimum Gasteiger partial charge on any atom is -0.465 e. The van der Waals surface area contributed by atoms with Gasteiger partial charge in [-0.15, -0.1) is 13.2 Å². The number of rotatable bonds is 16. The highest BCUT2D eigenvalue weighted by Gasteiger charge is 2.75. The van der Waals surface area contributed by atoms with Crippen LogP contribution in [0.2, 0.25) is 0 Å². The number of carbonyl (C=O) groups excluding carboxylic acids is 3. The third kappa shape index (κ3) is 6.00. The van der Waals surface area contributed by atoms with E-state index in [2.05, 4.69) is 13.2 Å². The Morgan fingerprint density at radius 2 is 1.84 bits per heavy atom. The number of esters is 1. The predicted octanol–water partition coefficient (Wildman–Crippen LogP) is 5.19. The number of benzene rings is 2. The smallest absolute Gasteiger partial charge is 0.312 e. The summed E-state index contributed by atoms with van der Waals surface area (Å²) in [5.41, 5.74) is -0.353. The summed E-state index contributed by atoms with van der Waals surface area (Å²) in [5.74, 6) is -2.30. The van der Waals surface area contributed by atoms with Gasteiger partial charge in [-0.1, -0.05) is 55.3 Å². The number of ether oxygens (including phenoxy) is 2. The first-order valence-electron chi connectivity index (χ1n) is 15.7. The van der Waals surface area contributed by atoms with Gasteiger partial charge in [-0.2, -0.15) is 0 Å². The van der Waals surface area contributed by atoms with Crippen molar-refractivity contribution in [2.45, 2.75) is 75.5 Å². The first-order chi connectivity index (χ1) is 21.0. The molecular formula is C35H44N2O6. The number of likely N-dealkylation sites (tertiary alicyclic amines) is 1. The van der Waals surface area contributed by atoms with Gasteiger partial charge in [0.25, 0.3) is 5.91 Å². The molecule has 3 saturated heterocycles. The number of aliphatic hydroxyl groups is 1. The number of anilines is 1. The molecule has 0 saturated carbocycles. The van der Waals surface area contributed by atoms with Crippen molar-refractivity contribution >= 4 is 34.2 Å². The maximum atomic E-state index is 14.7. The highest BCUT2D eigenvalue weighted by Crippen LogP contribution is 2.59. The molecule has 1 N–H and O–H groups in total.